The van der Waals surface area contributed by atoms with Gasteiger partial charge in [-0.25, -0.2) is 4.98 Å². The van der Waals surface area contributed by atoms with E-state index in [0.29, 0.717) is 17.6 Å². The van der Waals surface area contributed by atoms with Gasteiger partial charge >= 0.3 is 5.97 Å². The van der Waals surface area contributed by atoms with Crippen molar-refractivity contribution in [3.8, 4) is 0 Å². The van der Waals surface area contributed by atoms with Crippen molar-refractivity contribution in [2.24, 2.45) is 28.6 Å². The summed E-state index contributed by atoms with van der Waals surface area (Å²) >= 11 is 0. The topological polar surface area (TPSA) is 74.1 Å². The molecule has 2 rings (SSSR count). The van der Waals surface area contributed by atoms with Gasteiger partial charge in [0.15, 0.2) is 5.82 Å². The highest BCUT2D eigenvalue weighted by molar-refractivity contribution is 5.84. The second-order valence-corrected chi connectivity index (χ2v) is 11.9. The van der Waals surface area contributed by atoms with Crippen molar-refractivity contribution in [2.45, 2.75) is 101 Å². The molecule has 2 unspecified atom stereocenters. The smallest absolute Gasteiger partial charge is 0.319 e. The summed E-state index contributed by atoms with van der Waals surface area (Å²) in [5, 5.41) is 4.17. The zero-order chi connectivity index (χ0) is 23.2. The lowest BCUT2D eigenvalue weighted by Gasteiger charge is -2.50. The van der Waals surface area contributed by atoms with Crippen molar-refractivity contribution >= 4 is 11.9 Å². The Bertz CT molecular complexity index is 772. The number of carbonyl (C=O) groups excluding carboxylic acids is 2. The van der Waals surface area contributed by atoms with E-state index in [1.165, 1.54) is 11.6 Å². The first-order chi connectivity index (χ1) is 13.5. The molecule has 1 aromatic heterocycles. The van der Waals surface area contributed by atoms with E-state index in [2.05, 4.69) is 58.5 Å². The number of hydrogen-bond donors (Lipinski definition) is 0. The van der Waals surface area contributed by atoms with Crippen LogP contribution in [0.3, 0.4) is 0 Å². The minimum Gasteiger partial charge on any atom is -0.461 e. The first-order valence-electron chi connectivity index (χ1n) is 11.1. The fourth-order valence-corrected chi connectivity index (χ4v) is 4.77. The molecule has 1 heterocycles. The predicted octanol–water partition coefficient (Wildman–Crippen LogP) is 5.19. The van der Waals surface area contributed by atoms with E-state index in [1.807, 2.05) is 0 Å². The van der Waals surface area contributed by atoms with Gasteiger partial charge in [-0.15, -0.1) is 5.10 Å². The maximum atomic E-state index is 13.5. The normalized spacial score (nSPS) is 25.8. The minimum absolute atomic E-state index is 0.0171. The van der Waals surface area contributed by atoms with Crippen LogP contribution in [-0.4, -0.2) is 32.7 Å². The Morgan fingerprint density at radius 1 is 0.967 bits per heavy atom. The number of carbonyl (C=O) groups is 2. The van der Waals surface area contributed by atoms with Gasteiger partial charge in [-0.05, 0) is 50.4 Å². The SMILES string of the molecule is CC(=O)n1nc(C)nc1C(C)(C)C(=O)OC1C(C(C)(C)C)CC(C)CC1C(C)(C)C. The van der Waals surface area contributed by atoms with Gasteiger partial charge in [0, 0.05) is 18.8 Å². The molecular formula is C24H41N3O3. The molecule has 0 N–H and O–H groups in total. The van der Waals surface area contributed by atoms with E-state index < -0.39 is 5.41 Å². The molecule has 0 amide bonds. The predicted molar refractivity (Wildman–Crippen MR) is 118 cm³/mol. The Morgan fingerprint density at radius 2 is 1.43 bits per heavy atom. The van der Waals surface area contributed by atoms with E-state index in [0.717, 1.165) is 12.8 Å². The second-order valence-electron chi connectivity index (χ2n) is 11.9. The maximum absolute atomic E-state index is 13.5. The largest absolute Gasteiger partial charge is 0.461 e. The number of hydrogen-bond acceptors (Lipinski definition) is 5. The van der Waals surface area contributed by atoms with Crippen LogP contribution < -0.4 is 0 Å². The number of esters is 1. The third kappa shape index (κ3) is 4.94. The van der Waals surface area contributed by atoms with Crippen LogP contribution in [0.2, 0.25) is 0 Å². The average Bonchev–Trinajstić information content (AvgIpc) is 2.97. The lowest BCUT2D eigenvalue weighted by molar-refractivity contribution is -0.175. The molecule has 1 aromatic rings. The van der Waals surface area contributed by atoms with E-state index in [4.69, 9.17) is 4.74 Å². The molecule has 1 aliphatic carbocycles. The first kappa shape index (κ1) is 24.5. The van der Waals surface area contributed by atoms with Gasteiger partial charge in [0.1, 0.15) is 17.3 Å². The Hall–Kier alpha value is -1.72. The zero-order valence-corrected chi connectivity index (χ0v) is 20.8. The Morgan fingerprint density at radius 3 is 1.83 bits per heavy atom. The maximum Gasteiger partial charge on any atom is 0.319 e. The number of nitrogens with zero attached hydrogens (tertiary/aromatic N) is 3. The monoisotopic (exact) mass is 419 g/mol. The fourth-order valence-electron chi connectivity index (χ4n) is 4.77. The van der Waals surface area contributed by atoms with Crippen LogP contribution >= 0.6 is 0 Å². The van der Waals surface area contributed by atoms with Gasteiger partial charge in [-0.2, -0.15) is 4.68 Å². The standard InChI is InChI=1S/C24H41N3O3/c1-14-12-17(22(4,5)6)19(18(13-14)23(7,8)9)30-21(29)24(10,11)20-25-15(2)26-27(20)16(3)28/h14,17-19H,12-13H2,1-11H3. The summed E-state index contributed by atoms with van der Waals surface area (Å²) in [6.45, 7) is 22.4. The highest BCUT2D eigenvalue weighted by Gasteiger charge is 2.50. The molecule has 2 atom stereocenters. The summed E-state index contributed by atoms with van der Waals surface area (Å²) < 4.78 is 7.57. The zero-order valence-electron chi connectivity index (χ0n) is 20.8. The van der Waals surface area contributed by atoms with Crippen molar-refractivity contribution in [1.29, 1.82) is 0 Å². The first-order valence-corrected chi connectivity index (χ1v) is 11.1. The van der Waals surface area contributed by atoms with Crippen LogP contribution in [0.5, 0.6) is 0 Å². The molecule has 6 nitrogen and oxygen atoms in total. The summed E-state index contributed by atoms with van der Waals surface area (Å²) in [6.07, 6.45) is 1.90. The molecular weight excluding hydrogens is 378 g/mol. The van der Waals surface area contributed by atoms with Crippen LogP contribution in [0.25, 0.3) is 0 Å². The summed E-state index contributed by atoms with van der Waals surface area (Å²) in [5.41, 5.74) is -1.05. The molecule has 0 aromatic carbocycles. The Kier molecular flexibility index (Phi) is 6.61. The number of aromatic nitrogens is 3. The molecule has 170 valence electrons. The van der Waals surface area contributed by atoms with Gasteiger partial charge < -0.3 is 4.74 Å². The van der Waals surface area contributed by atoms with Gasteiger partial charge in [-0.1, -0.05) is 48.5 Å². The average molecular weight is 420 g/mol. The molecule has 1 fully saturated rings. The van der Waals surface area contributed by atoms with E-state index in [-0.39, 0.29) is 40.6 Å². The summed E-state index contributed by atoms with van der Waals surface area (Å²) in [7, 11) is 0. The van der Waals surface area contributed by atoms with E-state index >= 15 is 0 Å². The van der Waals surface area contributed by atoms with Crippen molar-refractivity contribution in [3.05, 3.63) is 11.6 Å². The second kappa shape index (κ2) is 8.08. The third-order valence-electron chi connectivity index (χ3n) is 6.65. The molecule has 0 aliphatic heterocycles. The van der Waals surface area contributed by atoms with Crippen molar-refractivity contribution < 1.29 is 14.3 Å². The number of aryl methyl sites for hydroxylation is 1. The Labute approximate surface area is 182 Å². The lowest BCUT2D eigenvalue weighted by Crippen LogP contribution is -2.51. The quantitative estimate of drug-likeness (QED) is 0.630. The van der Waals surface area contributed by atoms with Crippen molar-refractivity contribution in [1.82, 2.24) is 14.8 Å². The molecule has 1 aliphatic rings. The Balaban J connectivity index is 2.44. The molecule has 30 heavy (non-hydrogen) atoms. The lowest BCUT2D eigenvalue weighted by atomic mass is 9.59. The highest BCUT2D eigenvalue weighted by atomic mass is 16.5. The number of rotatable bonds is 3. The van der Waals surface area contributed by atoms with Crippen LogP contribution in [0.1, 0.15) is 98.5 Å². The van der Waals surface area contributed by atoms with Gasteiger partial charge in [0.2, 0.25) is 5.91 Å². The highest BCUT2D eigenvalue weighted by Crippen LogP contribution is 2.50. The summed E-state index contributed by atoms with van der Waals surface area (Å²) in [6, 6.07) is 0. The van der Waals surface area contributed by atoms with Crippen molar-refractivity contribution in [2.75, 3.05) is 0 Å². The molecule has 0 radical (unpaired) electrons. The third-order valence-corrected chi connectivity index (χ3v) is 6.65. The van der Waals surface area contributed by atoms with Gasteiger partial charge in [-0.3, -0.25) is 9.59 Å². The molecule has 0 bridgehead atoms. The van der Waals surface area contributed by atoms with Crippen LogP contribution in [-0.2, 0) is 14.9 Å². The van der Waals surface area contributed by atoms with Crippen LogP contribution in [0.15, 0.2) is 0 Å². The van der Waals surface area contributed by atoms with Gasteiger partial charge in [0.05, 0.1) is 0 Å². The fraction of sp³-hybridized carbons (Fsp3) is 0.833. The van der Waals surface area contributed by atoms with E-state index in [9.17, 15) is 9.59 Å². The van der Waals surface area contributed by atoms with Crippen LogP contribution in [0, 0.1) is 35.5 Å². The van der Waals surface area contributed by atoms with Crippen LogP contribution in [0.4, 0.5) is 0 Å². The van der Waals surface area contributed by atoms with Gasteiger partial charge in [0.25, 0.3) is 0 Å². The summed E-state index contributed by atoms with van der Waals surface area (Å²) in [5.74, 6) is 1.30. The molecule has 1 saturated carbocycles. The summed E-state index contributed by atoms with van der Waals surface area (Å²) in [4.78, 5) is 30.0. The number of ether oxygens (including phenoxy) is 1. The van der Waals surface area contributed by atoms with E-state index in [1.54, 1.807) is 20.8 Å². The van der Waals surface area contributed by atoms with Crippen molar-refractivity contribution in [3.63, 3.8) is 0 Å². The molecule has 0 spiro atoms. The molecule has 0 saturated heterocycles. The molecule has 6 heteroatoms. The minimum atomic E-state index is -1.08.